The molecule has 8 heteroatoms. The lowest BCUT2D eigenvalue weighted by Gasteiger charge is -2.09. The second-order valence-electron chi connectivity index (χ2n) is 5.50. The van der Waals surface area contributed by atoms with Crippen molar-refractivity contribution in [2.24, 2.45) is 17.6 Å². The molecule has 0 aromatic heterocycles. The Balaban J connectivity index is -0.000000180. The summed E-state index contributed by atoms with van der Waals surface area (Å²) in [6, 6.07) is -0.144. The van der Waals surface area contributed by atoms with Crippen molar-refractivity contribution in [1.82, 2.24) is 10.0 Å². The number of hydrogen-bond acceptors (Lipinski definition) is 5. The highest BCUT2D eigenvalue weighted by Crippen LogP contribution is 2.39. The summed E-state index contributed by atoms with van der Waals surface area (Å²) in [7, 11) is -3.40. The molecule has 1 rings (SSSR count). The third-order valence-electron chi connectivity index (χ3n) is 3.28. The smallest absolute Gasteiger partial charge is 0.237 e. The van der Waals surface area contributed by atoms with Crippen molar-refractivity contribution in [3.8, 4) is 0 Å². The lowest BCUT2D eigenvalue weighted by atomic mass is 10.2. The van der Waals surface area contributed by atoms with E-state index in [-0.39, 0.29) is 32.5 Å². The van der Waals surface area contributed by atoms with Crippen molar-refractivity contribution in [3.63, 3.8) is 0 Å². The Hall–Kier alpha value is -1.41. The summed E-state index contributed by atoms with van der Waals surface area (Å²) < 4.78 is 23.5. The van der Waals surface area contributed by atoms with E-state index in [2.05, 4.69) is 5.32 Å². The second kappa shape index (κ2) is 13.8. The first-order valence-corrected chi connectivity index (χ1v) is 10.8. The Morgan fingerprint density at radius 3 is 2.16 bits per heavy atom. The lowest BCUT2D eigenvalue weighted by molar-refractivity contribution is -0.121. The fraction of sp³-hybridized carbons (Fsp3) is 0.765. The maximum atomic E-state index is 11.3. The van der Waals surface area contributed by atoms with Gasteiger partial charge in [-0.2, -0.15) is 0 Å². The summed E-state index contributed by atoms with van der Waals surface area (Å²) in [6.07, 6.45) is 7.44. The van der Waals surface area contributed by atoms with Gasteiger partial charge in [0.25, 0.3) is 0 Å². The molecule has 0 aromatic rings. The van der Waals surface area contributed by atoms with Crippen LogP contribution < -0.4 is 15.8 Å². The van der Waals surface area contributed by atoms with Crippen LogP contribution in [0.1, 0.15) is 56.7 Å². The van der Waals surface area contributed by atoms with Gasteiger partial charge in [-0.3, -0.25) is 14.3 Å². The molecule has 0 aliphatic heterocycles. The molecule has 0 radical (unpaired) electrons. The number of carbonyl (C=O) groups is 2. The molecule has 0 saturated heterocycles. The Morgan fingerprint density at radius 1 is 1.28 bits per heavy atom. The van der Waals surface area contributed by atoms with Crippen LogP contribution in [0.4, 0.5) is 0 Å². The molecule has 152 valence electrons. The first kappa shape index (κ1) is 25.8. The van der Waals surface area contributed by atoms with Crippen LogP contribution in [-0.4, -0.2) is 39.1 Å². The third kappa shape index (κ3) is 13.5. The Labute approximate surface area is 155 Å². The molecular formula is C17H39N3O4S. The van der Waals surface area contributed by atoms with E-state index in [1.165, 1.54) is 0 Å². The SMILES string of the molecule is CC.CC/C=C\C1CC1C(=O)NS(C)(=O)=O.CCNC(CC)C(N)=O.[HH].[HH]. The van der Waals surface area contributed by atoms with Gasteiger partial charge in [0.1, 0.15) is 0 Å². The van der Waals surface area contributed by atoms with E-state index < -0.39 is 10.0 Å². The molecule has 2 amide bonds. The molecule has 0 bridgehead atoms. The molecule has 1 saturated carbocycles. The predicted octanol–water partition coefficient (Wildman–Crippen LogP) is 2.04. The standard InChI is InChI=1S/C9H15NO3S.C6H14N2O.C2H6.2H2/c1-3-4-5-7-6-8(7)9(11)10-14(2,12)13;1-3-5(6(7)9)8-4-2;1-2;;/h4-5,7-8H,3,6H2,1-2H3,(H,10,11);5,8H,3-4H2,1-2H3,(H2,7,9);1-2H3;2*1H/b5-4-;;;;. The van der Waals surface area contributed by atoms with E-state index in [0.717, 1.165) is 32.1 Å². The number of sulfonamides is 1. The van der Waals surface area contributed by atoms with Crippen LogP contribution in [0.25, 0.3) is 0 Å². The Morgan fingerprint density at radius 2 is 1.84 bits per heavy atom. The summed E-state index contributed by atoms with van der Waals surface area (Å²) in [5.41, 5.74) is 5.03. The normalized spacial score (nSPS) is 19.8. The number of nitrogens with one attached hydrogen (secondary N) is 2. The van der Waals surface area contributed by atoms with Crippen molar-refractivity contribution in [2.45, 2.75) is 59.9 Å². The monoisotopic (exact) mass is 381 g/mol. The van der Waals surface area contributed by atoms with Crippen molar-refractivity contribution in [2.75, 3.05) is 12.8 Å². The van der Waals surface area contributed by atoms with Gasteiger partial charge in [0.15, 0.2) is 0 Å². The highest BCUT2D eigenvalue weighted by molar-refractivity contribution is 7.89. The highest BCUT2D eigenvalue weighted by Gasteiger charge is 2.41. The van der Waals surface area contributed by atoms with E-state index in [0.29, 0.717) is 0 Å². The van der Waals surface area contributed by atoms with Crippen molar-refractivity contribution < 1.29 is 20.9 Å². The lowest BCUT2D eigenvalue weighted by Crippen LogP contribution is -2.40. The van der Waals surface area contributed by atoms with Gasteiger partial charge in [0.2, 0.25) is 21.8 Å². The number of allylic oxidation sites excluding steroid dienone is 2. The minimum Gasteiger partial charge on any atom is -0.368 e. The molecule has 3 unspecified atom stereocenters. The van der Waals surface area contributed by atoms with Crippen LogP contribution in [0.5, 0.6) is 0 Å². The number of nitrogens with two attached hydrogens (primary N) is 1. The highest BCUT2D eigenvalue weighted by atomic mass is 32.2. The van der Waals surface area contributed by atoms with Crippen molar-refractivity contribution in [3.05, 3.63) is 12.2 Å². The van der Waals surface area contributed by atoms with Crippen LogP contribution in [-0.2, 0) is 19.6 Å². The zero-order chi connectivity index (χ0) is 20.0. The molecule has 7 nitrogen and oxygen atoms in total. The van der Waals surface area contributed by atoms with Crippen LogP contribution in [0.15, 0.2) is 12.2 Å². The van der Waals surface area contributed by atoms with E-state index in [4.69, 9.17) is 5.73 Å². The number of carbonyl (C=O) groups excluding carboxylic acids is 2. The molecule has 0 heterocycles. The van der Waals surface area contributed by atoms with E-state index in [1.807, 2.05) is 51.5 Å². The summed E-state index contributed by atoms with van der Waals surface area (Å²) in [5, 5.41) is 2.96. The van der Waals surface area contributed by atoms with Gasteiger partial charge < -0.3 is 11.1 Å². The molecule has 0 aromatic carbocycles. The fourth-order valence-corrected chi connectivity index (χ4v) is 2.51. The number of rotatable bonds is 8. The fourth-order valence-electron chi connectivity index (χ4n) is 1.99. The Kier molecular flexibility index (Phi) is 14.3. The van der Waals surface area contributed by atoms with Gasteiger partial charge in [-0.05, 0) is 31.7 Å². The summed E-state index contributed by atoms with van der Waals surface area (Å²) in [4.78, 5) is 21.8. The van der Waals surface area contributed by atoms with Gasteiger partial charge in [0, 0.05) is 8.77 Å². The zero-order valence-corrected chi connectivity index (χ0v) is 17.2. The van der Waals surface area contributed by atoms with Gasteiger partial charge in [-0.15, -0.1) is 0 Å². The summed E-state index contributed by atoms with van der Waals surface area (Å²) >= 11 is 0. The number of hydrogen-bond donors (Lipinski definition) is 3. The minimum atomic E-state index is -3.40. The third-order valence-corrected chi connectivity index (χ3v) is 3.86. The van der Waals surface area contributed by atoms with E-state index in [9.17, 15) is 18.0 Å². The second-order valence-corrected chi connectivity index (χ2v) is 7.25. The van der Waals surface area contributed by atoms with Crippen molar-refractivity contribution in [1.29, 1.82) is 0 Å². The van der Waals surface area contributed by atoms with Crippen molar-refractivity contribution >= 4 is 21.8 Å². The number of amides is 2. The van der Waals surface area contributed by atoms with E-state index in [1.54, 1.807) is 0 Å². The van der Waals surface area contributed by atoms with Gasteiger partial charge in [0.05, 0.1) is 12.3 Å². The zero-order valence-electron chi connectivity index (χ0n) is 16.3. The van der Waals surface area contributed by atoms with Gasteiger partial charge in [-0.1, -0.05) is 46.8 Å². The first-order chi connectivity index (χ1) is 11.7. The predicted molar refractivity (Wildman–Crippen MR) is 107 cm³/mol. The largest absolute Gasteiger partial charge is 0.368 e. The molecule has 1 aliphatic carbocycles. The average Bonchev–Trinajstić information content (AvgIpc) is 3.31. The number of primary amides is 1. The molecule has 3 atom stereocenters. The first-order valence-electron chi connectivity index (χ1n) is 8.87. The van der Waals surface area contributed by atoms with Crippen LogP contribution in [0, 0.1) is 11.8 Å². The average molecular weight is 382 g/mol. The maximum absolute atomic E-state index is 11.3. The van der Waals surface area contributed by atoms with Gasteiger partial charge in [-0.25, -0.2) is 8.42 Å². The molecule has 1 aliphatic rings. The molecule has 0 spiro atoms. The summed E-state index contributed by atoms with van der Waals surface area (Å²) in [5.74, 6) is -0.554. The quantitative estimate of drug-likeness (QED) is 0.556. The maximum Gasteiger partial charge on any atom is 0.237 e. The Bertz CT molecular complexity index is 528. The van der Waals surface area contributed by atoms with Crippen LogP contribution >= 0.6 is 0 Å². The summed E-state index contributed by atoms with van der Waals surface area (Å²) in [6.45, 7) is 10.7. The van der Waals surface area contributed by atoms with Crippen LogP contribution in [0.3, 0.4) is 0 Å². The molecule has 4 N–H and O–H groups in total. The van der Waals surface area contributed by atoms with Gasteiger partial charge >= 0.3 is 0 Å². The minimum absolute atomic E-state index is 0. The number of likely N-dealkylation sites (N-methyl/N-ethyl adjacent to an activating group) is 1. The van der Waals surface area contributed by atoms with E-state index >= 15 is 0 Å². The topological polar surface area (TPSA) is 118 Å². The van der Waals surface area contributed by atoms with Crippen LogP contribution in [0.2, 0.25) is 0 Å². The molecular weight excluding hydrogens is 342 g/mol. The molecule has 25 heavy (non-hydrogen) atoms. The molecule has 1 fully saturated rings.